The van der Waals surface area contributed by atoms with Crippen LogP contribution in [0.15, 0.2) is 42.7 Å². The molecule has 3 rings (SSSR count). The van der Waals surface area contributed by atoms with Crippen molar-refractivity contribution in [3.63, 3.8) is 0 Å². The molecule has 1 fully saturated rings. The minimum absolute atomic E-state index is 0.0837. The van der Waals surface area contributed by atoms with Gasteiger partial charge in [0.15, 0.2) is 0 Å². The number of nitrogens with zero attached hydrogens (tertiary/aromatic N) is 4. The zero-order valence-electron chi connectivity index (χ0n) is 17.2. The zero-order valence-corrected chi connectivity index (χ0v) is 17.2. The minimum Gasteiger partial charge on any atom is -0.496 e. The molecule has 1 aromatic carbocycles. The largest absolute Gasteiger partial charge is 0.496 e. The molecule has 1 aliphatic heterocycles. The van der Waals surface area contributed by atoms with Crippen molar-refractivity contribution in [2.24, 2.45) is 0 Å². The summed E-state index contributed by atoms with van der Waals surface area (Å²) in [5.41, 5.74) is 2.03. The SMILES string of the molecule is COc1ccc(C)cc1/C=C/C(=O)NCCCN1CCN(c2ncccn2)CC1. The molecule has 1 amide bonds. The van der Waals surface area contributed by atoms with E-state index >= 15 is 0 Å². The number of aryl methyl sites for hydroxylation is 1. The molecular formula is C22H29N5O2. The Morgan fingerprint density at radius 2 is 1.97 bits per heavy atom. The second kappa shape index (κ2) is 10.6. The molecule has 0 aliphatic carbocycles. The molecule has 29 heavy (non-hydrogen) atoms. The van der Waals surface area contributed by atoms with E-state index in [1.807, 2.05) is 31.2 Å². The first-order valence-corrected chi connectivity index (χ1v) is 10.0. The molecule has 2 heterocycles. The summed E-state index contributed by atoms with van der Waals surface area (Å²) in [5.74, 6) is 1.48. The molecule has 1 saturated heterocycles. The first-order chi connectivity index (χ1) is 14.2. The highest BCUT2D eigenvalue weighted by Crippen LogP contribution is 2.20. The minimum atomic E-state index is -0.0837. The van der Waals surface area contributed by atoms with Crippen LogP contribution in [0.25, 0.3) is 6.08 Å². The van der Waals surface area contributed by atoms with Crippen LogP contribution in [0.4, 0.5) is 5.95 Å². The fourth-order valence-electron chi connectivity index (χ4n) is 3.35. The molecule has 154 valence electrons. The molecular weight excluding hydrogens is 366 g/mol. The summed E-state index contributed by atoms with van der Waals surface area (Å²) >= 11 is 0. The van der Waals surface area contributed by atoms with E-state index in [1.165, 1.54) is 0 Å². The lowest BCUT2D eigenvalue weighted by Crippen LogP contribution is -2.47. The van der Waals surface area contributed by atoms with E-state index in [0.717, 1.165) is 62.0 Å². The fraction of sp³-hybridized carbons (Fsp3) is 0.409. The lowest BCUT2D eigenvalue weighted by Gasteiger charge is -2.34. The van der Waals surface area contributed by atoms with Gasteiger partial charge < -0.3 is 15.0 Å². The summed E-state index contributed by atoms with van der Waals surface area (Å²) in [7, 11) is 1.63. The number of amides is 1. The van der Waals surface area contributed by atoms with Crippen LogP contribution >= 0.6 is 0 Å². The Labute approximate surface area is 172 Å². The van der Waals surface area contributed by atoms with Crippen molar-refractivity contribution in [2.45, 2.75) is 13.3 Å². The highest BCUT2D eigenvalue weighted by atomic mass is 16.5. The van der Waals surface area contributed by atoms with Gasteiger partial charge in [-0.1, -0.05) is 11.6 Å². The maximum atomic E-state index is 12.1. The Morgan fingerprint density at radius 1 is 1.21 bits per heavy atom. The third-order valence-corrected chi connectivity index (χ3v) is 4.96. The standard InChI is InChI=1S/C22H29N5O2/c1-18-5-7-20(29-2)19(17-18)6-8-21(28)23-11-4-12-26-13-15-27(16-14-26)22-24-9-3-10-25-22/h3,5-10,17H,4,11-16H2,1-2H3,(H,23,28)/b8-6+. The molecule has 0 spiro atoms. The van der Waals surface area contributed by atoms with Gasteiger partial charge in [0.25, 0.3) is 0 Å². The van der Waals surface area contributed by atoms with Crippen molar-refractivity contribution in [2.75, 3.05) is 51.3 Å². The Balaban J connectivity index is 1.35. The second-order valence-electron chi connectivity index (χ2n) is 7.10. The van der Waals surface area contributed by atoms with Crippen LogP contribution in [-0.4, -0.2) is 67.2 Å². The number of anilines is 1. The van der Waals surface area contributed by atoms with E-state index in [-0.39, 0.29) is 5.91 Å². The van der Waals surface area contributed by atoms with E-state index in [0.29, 0.717) is 6.54 Å². The highest BCUT2D eigenvalue weighted by molar-refractivity contribution is 5.92. The highest BCUT2D eigenvalue weighted by Gasteiger charge is 2.18. The van der Waals surface area contributed by atoms with Gasteiger partial charge in [-0.15, -0.1) is 0 Å². The molecule has 0 atom stereocenters. The van der Waals surface area contributed by atoms with Gasteiger partial charge in [-0.2, -0.15) is 0 Å². The van der Waals surface area contributed by atoms with Gasteiger partial charge in [-0.3, -0.25) is 9.69 Å². The normalized spacial score (nSPS) is 14.9. The maximum absolute atomic E-state index is 12.1. The Hall–Kier alpha value is -2.93. The quantitative estimate of drug-likeness (QED) is 0.545. The topological polar surface area (TPSA) is 70.6 Å². The predicted molar refractivity (Wildman–Crippen MR) is 115 cm³/mol. The van der Waals surface area contributed by atoms with Crippen LogP contribution in [-0.2, 0) is 4.79 Å². The molecule has 7 heteroatoms. The van der Waals surface area contributed by atoms with Crippen molar-refractivity contribution < 1.29 is 9.53 Å². The summed E-state index contributed by atoms with van der Waals surface area (Å²) in [6, 6.07) is 7.74. The van der Waals surface area contributed by atoms with Crippen molar-refractivity contribution in [1.29, 1.82) is 0 Å². The number of ether oxygens (including phenoxy) is 1. The van der Waals surface area contributed by atoms with Crippen LogP contribution in [0.5, 0.6) is 5.75 Å². The molecule has 1 aliphatic rings. The van der Waals surface area contributed by atoms with E-state index in [4.69, 9.17) is 4.74 Å². The average molecular weight is 396 g/mol. The number of aromatic nitrogens is 2. The number of benzene rings is 1. The molecule has 0 saturated carbocycles. The van der Waals surface area contributed by atoms with Gasteiger partial charge in [0, 0.05) is 56.8 Å². The third kappa shape index (κ3) is 6.29. The number of methoxy groups -OCH3 is 1. The lowest BCUT2D eigenvalue weighted by atomic mass is 10.1. The summed E-state index contributed by atoms with van der Waals surface area (Å²) in [6.07, 6.45) is 7.85. The van der Waals surface area contributed by atoms with Crippen molar-refractivity contribution in [3.05, 3.63) is 53.9 Å². The first kappa shape index (κ1) is 20.8. The van der Waals surface area contributed by atoms with Gasteiger partial charge in [-0.05, 0) is 44.2 Å². The number of carbonyl (C=O) groups excluding carboxylic acids is 1. The van der Waals surface area contributed by atoms with Crippen LogP contribution in [0, 0.1) is 6.92 Å². The smallest absolute Gasteiger partial charge is 0.244 e. The number of hydrogen-bond acceptors (Lipinski definition) is 6. The van der Waals surface area contributed by atoms with Gasteiger partial charge in [0.2, 0.25) is 11.9 Å². The average Bonchev–Trinajstić information content (AvgIpc) is 2.76. The van der Waals surface area contributed by atoms with Crippen LogP contribution in [0.2, 0.25) is 0 Å². The van der Waals surface area contributed by atoms with Crippen molar-refractivity contribution >= 4 is 17.9 Å². The Kier molecular flexibility index (Phi) is 7.58. The second-order valence-corrected chi connectivity index (χ2v) is 7.10. The van der Waals surface area contributed by atoms with Gasteiger partial charge in [0.1, 0.15) is 5.75 Å². The first-order valence-electron chi connectivity index (χ1n) is 10.0. The molecule has 1 N–H and O–H groups in total. The van der Waals surface area contributed by atoms with Crippen LogP contribution < -0.4 is 15.0 Å². The lowest BCUT2D eigenvalue weighted by molar-refractivity contribution is -0.116. The number of hydrogen-bond donors (Lipinski definition) is 1. The van der Waals surface area contributed by atoms with Gasteiger partial charge >= 0.3 is 0 Å². The number of piperazine rings is 1. The monoisotopic (exact) mass is 395 g/mol. The molecule has 0 radical (unpaired) electrons. The number of rotatable bonds is 8. The molecule has 7 nitrogen and oxygen atoms in total. The third-order valence-electron chi connectivity index (χ3n) is 4.96. The zero-order chi connectivity index (χ0) is 20.5. The Morgan fingerprint density at radius 3 is 2.69 bits per heavy atom. The number of nitrogens with one attached hydrogen (secondary N) is 1. The summed E-state index contributed by atoms with van der Waals surface area (Å²) < 4.78 is 5.33. The van der Waals surface area contributed by atoms with Crippen molar-refractivity contribution in [3.8, 4) is 5.75 Å². The molecule has 0 bridgehead atoms. The fourth-order valence-corrected chi connectivity index (χ4v) is 3.35. The van der Waals surface area contributed by atoms with Crippen LogP contribution in [0.1, 0.15) is 17.5 Å². The van der Waals surface area contributed by atoms with Crippen molar-refractivity contribution in [1.82, 2.24) is 20.2 Å². The summed E-state index contributed by atoms with van der Waals surface area (Å²) in [4.78, 5) is 25.3. The van der Waals surface area contributed by atoms with Crippen LogP contribution in [0.3, 0.4) is 0 Å². The molecule has 1 aromatic heterocycles. The van der Waals surface area contributed by atoms with Gasteiger partial charge in [-0.25, -0.2) is 9.97 Å². The molecule has 0 unspecified atom stereocenters. The van der Waals surface area contributed by atoms with Gasteiger partial charge in [0.05, 0.1) is 7.11 Å². The Bertz CT molecular complexity index is 817. The number of carbonyl (C=O) groups is 1. The maximum Gasteiger partial charge on any atom is 0.244 e. The van der Waals surface area contributed by atoms with E-state index in [1.54, 1.807) is 31.7 Å². The van der Waals surface area contributed by atoms with E-state index in [2.05, 4.69) is 25.1 Å². The summed E-state index contributed by atoms with van der Waals surface area (Å²) in [6.45, 7) is 7.48. The molecule has 2 aromatic rings. The summed E-state index contributed by atoms with van der Waals surface area (Å²) in [5, 5.41) is 2.96. The van der Waals surface area contributed by atoms with E-state index in [9.17, 15) is 4.79 Å². The predicted octanol–water partition coefficient (Wildman–Crippen LogP) is 2.14. The van der Waals surface area contributed by atoms with E-state index < -0.39 is 0 Å².